The number of aryl methyl sites for hydroxylation is 1. The molecular weight excluding hydrogens is 295 g/mol. The minimum atomic E-state index is -0.312. The van der Waals surface area contributed by atoms with Gasteiger partial charge in [-0.15, -0.1) is 0 Å². The van der Waals surface area contributed by atoms with Crippen LogP contribution in [0.2, 0.25) is 0 Å². The third-order valence-corrected chi connectivity index (χ3v) is 2.98. The molecule has 0 atom stereocenters. The fourth-order valence-corrected chi connectivity index (χ4v) is 2.15. The Bertz CT molecular complexity index is 612. The van der Waals surface area contributed by atoms with Gasteiger partial charge in [0.1, 0.15) is 5.82 Å². The standard InChI is InChI=1S/C14H10BrFN2/c1-9-3-2-4-13(16)14(9)18-12-6-10(8-17)5-11(15)7-12/h2-7,18H,1H3. The van der Waals surface area contributed by atoms with Crippen LogP contribution >= 0.6 is 15.9 Å². The molecule has 0 spiro atoms. The Morgan fingerprint density at radius 2 is 2.06 bits per heavy atom. The van der Waals surface area contributed by atoms with Gasteiger partial charge in [-0.05, 0) is 36.8 Å². The molecule has 0 aromatic heterocycles. The van der Waals surface area contributed by atoms with E-state index in [2.05, 4.69) is 27.3 Å². The van der Waals surface area contributed by atoms with E-state index in [1.807, 2.05) is 13.0 Å². The monoisotopic (exact) mass is 304 g/mol. The average Bonchev–Trinajstić information content (AvgIpc) is 2.33. The lowest BCUT2D eigenvalue weighted by atomic mass is 10.1. The molecule has 2 aromatic carbocycles. The van der Waals surface area contributed by atoms with Crippen LogP contribution in [0.3, 0.4) is 0 Å². The number of hydrogen-bond donors (Lipinski definition) is 1. The van der Waals surface area contributed by atoms with Crippen molar-refractivity contribution in [2.75, 3.05) is 5.32 Å². The Morgan fingerprint density at radius 3 is 2.72 bits per heavy atom. The third-order valence-electron chi connectivity index (χ3n) is 2.52. The average molecular weight is 305 g/mol. The highest BCUT2D eigenvalue weighted by molar-refractivity contribution is 9.10. The van der Waals surface area contributed by atoms with E-state index in [9.17, 15) is 4.39 Å². The molecule has 2 nitrogen and oxygen atoms in total. The second-order valence-corrected chi connectivity index (χ2v) is 4.81. The lowest BCUT2D eigenvalue weighted by Crippen LogP contribution is -1.97. The fraction of sp³-hybridized carbons (Fsp3) is 0.0714. The maximum Gasteiger partial charge on any atom is 0.146 e. The minimum Gasteiger partial charge on any atom is -0.353 e. The van der Waals surface area contributed by atoms with Gasteiger partial charge in [0, 0.05) is 10.2 Å². The summed E-state index contributed by atoms with van der Waals surface area (Å²) < 4.78 is 14.5. The number of hydrogen-bond acceptors (Lipinski definition) is 2. The van der Waals surface area contributed by atoms with E-state index >= 15 is 0 Å². The first-order valence-electron chi connectivity index (χ1n) is 5.33. The maximum absolute atomic E-state index is 13.7. The van der Waals surface area contributed by atoms with E-state index in [4.69, 9.17) is 5.26 Å². The Hall–Kier alpha value is -1.86. The number of anilines is 2. The summed E-state index contributed by atoms with van der Waals surface area (Å²) in [5, 5.41) is 11.9. The van der Waals surface area contributed by atoms with Gasteiger partial charge in [-0.1, -0.05) is 28.1 Å². The largest absolute Gasteiger partial charge is 0.353 e. The number of nitrogens with zero attached hydrogens (tertiary/aromatic N) is 1. The van der Waals surface area contributed by atoms with Gasteiger partial charge in [-0.3, -0.25) is 0 Å². The molecule has 18 heavy (non-hydrogen) atoms. The van der Waals surface area contributed by atoms with Crippen LogP contribution < -0.4 is 5.32 Å². The molecule has 0 aliphatic heterocycles. The molecule has 0 saturated heterocycles. The maximum atomic E-state index is 13.7. The predicted octanol–water partition coefficient (Wildman–Crippen LogP) is 4.51. The summed E-state index contributed by atoms with van der Waals surface area (Å²) in [6.45, 7) is 1.83. The first-order chi connectivity index (χ1) is 8.60. The van der Waals surface area contributed by atoms with E-state index < -0.39 is 0 Å². The van der Waals surface area contributed by atoms with Gasteiger partial charge in [0.2, 0.25) is 0 Å². The van der Waals surface area contributed by atoms with Crippen molar-refractivity contribution in [3.8, 4) is 6.07 Å². The molecule has 0 radical (unpaired) electrons. The normalized spacial score (nSPS) is 9.89. The van der Waals surface area contributed by atoms with E-state index in [0.717, 1.165) is 10.0 Å². The van der Waals surface area contributed by atoms with E-state index in [1.165, 1.54) is 6.07 Å². The van der Waals surface area contributed by atoms with Crippen molar-refractivity contribution in [3.05, 3.63) is 57.8 Å². The summed E-state index contributed by atoms with van der Waals surface area (Å²) in [6, 6.07) is 12.1. The highest BCUT2D eigenvalue weighted by atomic mass is 79.9. The second kappa shape index (κ2) is 5.19. The van der Waals surface area contributed by atoms with Gasteiger partial charge < -0.3 is 5.32 Å². The quantitative estimate of drug-likeness (QED) is 0.886. The smallest absolute Gasteiger partial charge is 0.146 e. The van der Waals surface area contributed by atoms with Gasteiger partial charge in [-0.25, -0.2) is 4.39 Å². The number of para-hydroxylation sites is 1. The van der Waals surface area contributed by atoms with E-state index in [1.54, 1.807) is 24.3 Å². The molecule has 4 heteroatoms. The molecule has 0 saturated carbocycles. The van der Waals surface area contributed by atoms with Crippen molar-refractivity contribution < 1.29 is 4.39 Å². The van der Waals surface area contributed by atoms with Crippen LogP contribution in [0.1, 0.15) is 11.1 Å². The predicted molar refractivity (Wildman–Crippen MR) is 73.3 cm³/mol. The molecule has 0 unspecified atom stereocenters. The Labute approximate surface area is 113 Å². The highest BCUT2D eigenvalue weighted by Crippen LogP contribution is 2.26. The Balaban J connectivity index is 2.40. The van der Waals surface area contributed by atoms with Crippen LogP contribution in [0.4, 0.5) is 15.8 Å². The molecular formula is C14H10BrFN2. The minimum absolute atomic E-state index is 0.312. The van der Waals surface area contributed by atoms with E-state index in [-0.39, 0.29) is 5.82 Å². The summed E-state index contributed by atoms with van der Waals surface area (Å²) in [6.07, 6.45) is 0. The lowest BCUT2D eigenvalue weighted by Gasteiger charge is -2.11. The first-order valence-corrected chi connectivity index (χ1v) is 6.12. The number of nitrogens with one attached hydrogen (secondary N) is 1. The summed E-state index contributed by atoms with van der Waals surface area (Å²) >= 11 is 3.32. The van der Waals surface area contributed by atoms with Crippen molar-refractivity contribution in [2.45, 2.75) is 6.92 Å². The second-order valence-electron chi connectivity index (χ2n) is 3.90. The number of halogens is 2. The molecule has 0 bridgehead atoms. The fourth-order valence-electron chi connectivity index (χ4n) is 1.66. The topological polar surface area (TPSA) is 35.8 Å². The van der Waals surface area contributed by atoms with Crippen LogP contribution in [0.5, 0.6) is 0 Å². The molecule has 0 amide bonds. The van der Waals surface area contributed by atoms with Gasteiger partial charge in [0.15, 0.2) is 0 Å². The van der Waals surface area contributed by atoms with Crippen molar-refractivity contribution >= 4 is 27.3 Å². The van der Waals surface area contributed by atoms with Gasteiger partial charge in [0.05, 0.1) is 17.3 Å². The van der Waals surface area contributed by atoms with Crippen LogP contribution in [-0.4, -0.2) is 0 Å². The van der Waals surface area contributed by atoms with Crippen LogP contribution in [0.15, 0.2) is 40.9 Å². The molecule has 0 aliphatic carbocycles. The Kier molecular flexibility index (Phi) is 3.63. The SMILES string of the molecule is Cc1cccc(F)c1Nc1cc(Br)cc(C#N)c1. The lowest BCUT2D eigenvalue weighted by molar-refractivity contribution is 0.631. The van der Waals surface area contributed by atoms with Crippen molar-refractivity contribution in [3.63, 3.8) is 0 Å². The molecule has 2 rings (SSSR count). The number of rotatable bonds is 2. The third kappa shape index (κ3) is 2.69. The number of benzene rings is 2. The summed E-state index contributed by atoms with van der Waals surface area (Å²) in [4.78, 5) is 0. The van der Waals surface area contributed by atoms with Gasteiger partial charge in [-0.2, -0.15) is 5.26 Å². The summed E-state index contributed by atoms with van der Waals surface area (Å²) in [5.74, 6) is -0.312. The van der Waals surface area contributed by atoms with Crippen LogP contribution in [0.25, 0.3) is 0 Å². The molecule has 1 N–H and O–H groups in total. The highest BCUT2D eigenvalue weighted by Gasteiger charge is 2.06. The molecule has 2 aromatic rings. The van der Waals surface area contributed by atoms with Crippen LogP contribution in [0, 0.1) is 24.1 Å². The molecule has 0 fully saturated rings. The summed E-state index contributed by atoms with van der Waals surface area (Å²) in [5.41, 5.74) is 2.43. The van der Waals surface area contributed by atoms with Crippen molar-refractivity contribution in [1.82, 2.24) is 0 Å². The molecule has 0 heterocycles. The van der Waals surface area contributed by atoms with E-state index in [0.29, 0.717) is 16.9 Å². The molecule has 90 valence electrons. The van der Waals surface area contributed by atoms with Gasteiger partial charge >= 0.3 is 0 Å². The Morgan fingerprint density at radius 1 is 1.28 bits per heavy atom. The van der Waals surface area contributed by atoms with Crippen LogP contribution in [-0.2, 0) is 0 Å². The zero-order valence-electron chi connectivity index (χ0n) is 9.67. The molecule has 0 aliphatic rings. The van der Waals surface area contributed by atoms with Crippen molar-refractivity contribution in [2.24, 2.45) is 0 Å². The zero-order chi connectivity index (χ0) is 13.1. The number of nitriles is 1. The van der Waals surface area contributed by atoms with Gasteiger partial charge in [0.25, 0.3) is 0 Å². The first kappa shape index (κ1) is 12.6. The van der Waals surface area contributed by atoms with Crippen molar-refractivity contribution in [1.29, 1.82) is 5.26 Å². The zero-order valence-corrected chi connectivity index (χ0v) is 11.3. The summed E-state index contributed by atoms with van der Waals surface area (Å²) in [7, 11) is 0.